The lowest BCUT2D eigenvalue weighted by molar-refractivity contribution is -0.129. The Hall–Kier alpha value is -3.69. The van der Waals surface area contributed by atoms with E-state index in [-0.39, 0.29) is 33.8 Å². The smallest absolute Gasteiger partial charge is 0.319 e. The molecule has 0 spiro atoms. The van der Waals surface area contributed by atoms with Gasteiger partial charge in [0.05, 0.1) is 11.6 Å². The number of halogens is 2. The molecular formula is C29H31ClFN5O3. The average molecular weight is 552 g/mol. The third-order valence-electron chi connectivity index (χ3n) is 6.96. The third-order valence-corrected chi connectivity index (χ3v) is 7.26. The summed E-state index contributed by atoms with van der Waals surface area (Å²) in [4.78, 5) is 26.8. The number of piperazine rings is 1. The van der Waals surface area contributed by atoms with Crippen LogP contribution in [0.2, 0.25) is 5.02 Å². The number of nitrogens with zero attached hydrogens (tertiary/aromatic N) is 5. The van der Waals surface area contributed by atoms with Crippen molar-refractivity contribution < 1.29 is 19.0 Å². The van der Waals surface area contributed by atoms with Gasteiger partial charge in [0.15, 0.2) is 5.82 Å². The number of amides is 1. The van der Waals surface area contributed by atoms with Crippen LogP contribution in [-0.2, 0) is 4.79 Å². The zero-order valence-electron chi connectivity index (χ0n) is 22.2. The standard InChI is InChI=1S/C29H31ClFN5O3/c1-18(37)35-10-12-36(13-11-35)28-23-17-24(30)25(22-16-20(38)15-19-7-4-5-8-21(19)22)26(31)27(23)32-29(33-28)39-14-6-9-34(2)3/h4-5,7-8,15-17,38H,6,9-14H2,1-3H3. The number of phenolic OH excluding ortho intramolecular Hbond substituents is 1. The van der Waals surface area contributed by atoms with Crippen molar-refractivity contribution >= 4 is 45.0 Å². The van der Waals surface area contributed by atoms with Crippen LogP contribution in [0.3, 0.4) is 0 Å². The van der Waals surface area contributed by atoms with Crippen LogP contribution in [-0.4, -0.2) is 84.2 Å². The fourth-order valence-corrected chi connectivity index (χ4v) is 5.29. The molecule has 10 heteroatoms. The SMILES string of the molecule is CC(=O)N1CCN(c2nc(OCCCN(C)C)nc3c(F)c(-c4cc(O)cc5ccccc45)c(Cl)cc23)CC1. The van der Waals surface area contributed by atoms with E-state index in [0.717, 1.165) is 23.7 Å². The summed E-state index contributed by atoms with van der Waals surface area (Å²) in [6.07, 6.45) is 0.755. The molecule has 0 unspecified atom stereocenters. The molecule has 0 bridgehead atoms. The molecular weight excluding hydrogens is 521 g/mol. The summed E-state index contributed by atoms with van der Waals surface area (Å²) < 4.78 is 22.4. The van der Waals surface area contributed by atoms with Gasteiger partial charge in [-0.15, -0.1) is 0 Å². The number of rotatable bonds is 7. The van der Waals surface area contributed by atoms with Gasteiger partial charge in [-0.05, 0) is 55.1 Å². The molecule has 8 nitrogen and oxygen atoms in total. The summed E-state index contributed by atoms with van der Waals surface area (Å²) >= 11 is 6.76. The van der Waals surface area contributed by atoms with Gasteiger partial charge < -0.3 is 24.5 Å². The molecule has 204 valence electrons. The van der Waals surface area contributed by atoms with E-state index < -0.39 is 5.82 Å². The molecule has 1 saturated heterocycles. The van der Waals surface area contributed by atoms with Gasteiger partial charge in [0, 0.05) is 50.6 Å². The van der Waals surface area contributed by atoms with Gasteiger partial charge in [0.25, 0.3) is 0 Å². The first-order chi connectivity index (χ1) is 18.7. The molecule has 39 heavy (non-hydrogen) atoms. The highest BCUT2D eigenvalue weighted by Gasteiger charge is 2.26. The summed E-state index contributed by atoms with van der Waals surface area (Å²) in [7, 11) is 3.97. The van der Waals surface area contributed by atoms with Crippen LogP contribution < -0.4 is 9.64 Å². The third kappa shape index (κ3) is 5.55. The first-order valence-corrected chi connectivity index (χ1v) is 13.3. The second kappa shape index (κ2) is 11.2. The molecule has 0 radical (unpaired) electrons. The molecule has 2 heterocycles. The maximum Gasteiger partial charge on any atom is 0.319 e. The second-order valence-corrected chi connectivity index (χ2v) is 10.4. The average Bonchev–Trinajstić information content (AvgIpc) is 2.91. The second-order valence-electron chi connectivity index (χ2n) is 9.99. The van der Waals surface area contributed by atoms with Gasteiger partial charge >= 0.3 is 6.01 Å². The zero-order chi connectivity index (χ0) is 27.7. The predicted octanol–water partition coefficient (Wildman–Crippen LogP) is 4.95. The highest BCUT2D eigenvalue weighted by atomic mass is 35.5. The topological polar surface area (TPSA) is 82.0 Å². The van der Waals surface area contributed by atoms with E-state index in [2.05, 4.69) is 14.9 Å². The van der Waals surface area contributed by atoms with E-state index in [9.17, 15) is 9.90 Å². The van der Waals surface area contributed by atoms with Crippen LogP contribution in [0.5, 0.6) is 11.8 Å². The van der Waals surface area contributed by atoms with Crippen molar-refractivity contribution in [2.45, 2.75) is 13.3 Å². The lowest BCUT2D eigenvalue weighted by Crippen LogP contribution is -2.48. The van der Waals surface area contributed by atoms with Gasteiger partial charge in [-0.2, -0.15) is 9.97 Å². The number of hydrogen-bond donors (Lipinski definition) is 1. The van der Waals surface area contributed by atoms with E-state index in [1.807, 2.05) is 43.3 Å². The molecule has 0 aliphatic carbocycles. The minimum absolute atomic E-state index is 0.0101. The van der Waals surface area contributed by atoms with Crippen molar-refractivity contribution in [3.8, 4) is 22.9 Å². The Labute approximate surface area is 231 Å². The van der Waals surface area contributed by atoms with Crippen molar-refractivity contribution in [3.63, 3.8) is 0 Å². The highest BCUT2D eigenvalue weighted by Crippen LogP contribution is 2.42. The summed E-state index contributed by atoms with van der Waals surface area (Å²) in [6, 6.07) is 12.3. The maximum absolute atomic E-state index is 16.5. The Balaban J connectivity index is 1.64. The predicted molar refractivity (Wildman–Crippen MR) is 152 cm³/mol. The van der Waals surface area contributed by atoms with Crippen molar-refractivity contribution in [2.75, 3.05) is 58.3 Å². The number of benzene rings is 3. The molecule has 1 aromatic heterocycles. The largest absolute Gasteiger partial charge is 0.508 e. The normalized spacial score (nSPS) is 14.0. The summed E-state index contributed by atoms with van der Waals surface area (Å²) in [5.74, 6) is -0.0728. The fourth-order valence-electron chi connectivity index (χ4n) is 4.99. The lowest BCUT2D eigenvalue weighted by atomic mass is 9.96. The number of phenols is 1. The lowest BCUT2D eigenvalue weighted by Gasteiger charge is -2.35. The Morgan fingerprint density at radius 2 is 1.85 bits per heavy atom. The van der Waals surface area contributed by atoms with Gasteiger partial charge in [-0.1, -0.05) is 35.9 Å². The number of anilines is 1. The van der Waals surface area contributed by atoms with Crippen LogP contribution in [0, 0.1) is 5.82 Å². The van der Waals surface area contributed by atoms with Crippen molar-refractivity contribution in [1.82, 2.24) is 19.8 Å². The Morgan fingerprint density at radius 1 is 1.10 bits per heavy atom. The Kier molecular flexibility index (Phi) is 7.72. The maximum atomic E-state index is 16.5. The Bertz CT molecular complexity index is 1540. The molecule has 1 aliphatic heterocycles. The number of fused-ring (bicyclic) bond motifs is 2. The first-order valence-electron chi connectivity index (χ1n) is 12.9. The van der Waals surface area contributed by atoms with Crippen molar-refractivity contribution in [3.05, 3.63) is 53.3 Å². The van der Waals surface area contributed by atoms with E-state index in [4.69, 9.17) is 16.3 Å². The molecule has 3 aromatic carbocycles. The quantitative estimate of drug-likeness (QED) is 0.326. The molecule has 5 rings (SSSR count). The van der Waals surface area contributed by atoms with Crippen LogP contribution in [0.4, 0.5) is 10.2 Å². The summed E-state index contributed by atoms with van der Waals surface area (Å²) in [5, 5.41) is 12.6. The van der Waals surface area contributed by atoms with E-state index >= 15 is 4.39 Å². The van der Waals surface area contributed by atoms with Crippen LogP contribution in [0.15, 0.2) is 42.5 Å². The molecule has 1 N–H and O–H groups in total. The minimum Gasteiger partial charge on any atom is -0.508 e. The van der Waals surface area contributed by atoms with E-state index in [1.165, 1.54) is 6.07 Å². The van der Waals surface area contributed by atoms with Gasteiger partial charge in [0.1, 0.15) is 17.1 Å². The number of ether oxygens (including phenoxy) is 1. The van der Waals surface area contributed by atoms with Crippen LogP contribution in [0.25, 0.3) is 32.8 Å². The monoisotopic (exact) mass is 551 g/mol. The fraction of sp³-hybridized carbons (Fsp3) is 0.345. The van der Waals surface area contributed by atoms with E-state index in [1.54, 1.807) is 24.0 Å². The number of hydrogen-bond acceptors (Lipinski definition) is 7. The molecule has 4 aromatic rings. The molecule has 0 atom stereocenters. The molecule has 0 saturated carbocycles. The molecule has 1 amide bonds. The summed E-state index contributed by atoms with van der Waals surface area (Å²) in [5.41, 5.74) is 0.711. The highest BCUT2D eigenvalue weighted by molar-refractivity contribution is 6.35. The number of aromatic nitrogens is 2. The van der Waals surface area contributed by atoms with Gasteiger partial charge in [-0.3, -0.25) is 4.79 Å². The summed E-state index contributed by atoms with van der Waals surface area (Å²) in [6.45, 7) is 4.88. The molecule has 1 fully saturated rings. The van der Waals surface area contributed by atoms with Crippen molar-refractivity contribution in [2.24, 2.45) is 0 Å². The Morgan fingerprint density at radius 3 is 2.56 bits per heavy atom. The number of carbonyl (C=O) groups excluding carboxylic acids is 1. The minimum atomic E-state index is -0.614. The number of aromatic hydroxyl groups is 1. The van der Waals surface area contributed by atoms with Crippen LogP contribution in [0.1, 0.15) is 13.3 Å². The van der Waals surface area contributed by atoms with Crippen LogP contribution >= 0.6 is 11.6 Å². The van der Waals surface area contributed by atoms with Crippen molar-refractivity contribution in [1.29, 1.82) is 0 Å². The first kappa shape index (κ1) is 26.9. The number of carbonyl (C=O) groups is 1. The zero-order valence-corrected chi connectivity index (χ0v) is 23.0. The van der Waals surface area contributed by atoms with Gasteiger partial charge in [0.2, 0.25) is 5.91 Å². The van der Waals surface area contributed by atoms with E-state index in [0.29, 0.717) is 49.6 Å². The molecule has 1 aliphatic rings. The van der Waals surface area contributed by atoms with Gasteiger partial charge in [-0.25, -0.2) is 4.39 Å².